The number of likely N-dealkylation sites (tertiary alicyclic amines) is 1. The zero-order chi connectivity index (χ0) is 13.1. The van der Waals surface area contributed by atoms with Crippen LogP contribution in [0.1, 0.15) is 40.5 Å². The average molecular weight is 237 g/mol. The topological polar surface area (TPSA) is 46.6 Å². The molecular weight excluding hydrogens is 218 g/mol. The molecule has 17 heavy (non-hydrogen) atoms. The van der Waals surface area contributed by atoms with Crippen molar-refractivity contribution in [3.05, 3.63) is 0 Å². The molecule has 0 aromatic heterocycles. The molecule has 1 amide bonds. The van der Waals surface area contributed by atoms with E-state index in [-0.39, 0.29) is 11.9 Å². The molecule has 0 aromatic carbocycles. The van der Waals surface area contributed by atoms with Crippen molar-refractivity contribution < 1.29 is 14.3 Å². The second kappa shape index (κ2) is 5.22. The van der Waals surface area contributed by atoms with Crippen LogP contribution in [0.2, 0.25) is 0 Å². The number of esters is 1. The van der Waals surface area contributed by atoms with E-state index in [9.17, 15) is 9.59 Å². The summed E-state index contributed by atoms with van der Waals surface area (Å²) in [7, 11) is 0. The van der Waals surface area contributed by atoms with Crippen molar-refractivity contribution in [1.29, 1.82) is 0 Å². The summed E-state index contributed by atoms with van der Waals surface area (Å²) in [6, 6.07) is -0.470. The molecule has 1 aliphatic heterocycles. The smallest absolute Gasteiger partial charge is 0.329 e. The predicted octanol–water partition coefficient (Wildman–Crippen LogP) is 1.34. The lowest BCUT2D eigenvalue weighted by Crippen LogP contribution is -2.43. The van der Waals surface area contributed by atoms with Gasteiger partial charge in [-0.15, -0.1) is 0 Å². The highest BCUT2D eigenvalue weighted by atomic mass is 16.6. The Bertz CT molecular complexity index is 370. The zero-order valence-electron chi connectivity index (χ0n) is 10.9. The molecule has 1 heterocycles. The zero-order valence-corrected chi connectivity index (χ0v) is 10.9. The van der Waals surface area contributed by atoms with E-state index in [1.807, 2.05) is 20.8 Å². The number of hydrogen-bond donors (Lipinski definition) is 0. The van der Waals surface area contributed by atoms with Crippen LogP contribution in [0.25, 0.3) is 0 Å². The molecule has 1 saturated heterocycles. The molecule has 0 radical (unpaired) electrons. The summed E-state index contributed by atoms with van der Waals surface area (Å²) in [5, 5.41) is 0. The third kappa shape index (κ3) is 3.77. The summed E-state index contributed by atoms with van der Waals surface area (Å²) < 4.78 is 5.30. The van der Waals surface area contributed by atoms with Crippen LogP contribution in [-0.4, -0.2) is 35.0 Å². The van der Waals surface area contributed by atoms with Gasteiger partial charge < -0.3 is 9.64 Å². The minimum absolute atomic E-state index is 0.291. The van der Waals surface area contributed by atoms with Gasteiger partial charge in [-0.1, -0.05) is 5.92 Å². The van der Waals surface area contributed by atoms with Gasteiger partial charge in [0.15, 0.2) is 0 Å². The maximum Gasteiger partial charge on any atom is 0.329 e. The number of amides is 1. The first-order valence-corrected chi connectivity index (χ1v) is 5.81. The molecule has 0 spiro atoms. The van der Waals surface area contributed by atoms with E-state index < -0.39 is 11.6 Å². The molecule has 4 heteroatoms. The molecule has 4 nitrogen and oxygen atoms in total. The molecule has 1 rings (SSSR count). The standard InChI is InChI=1S/C13H19NO3/c1-5-7-11(15)14-9-6-8-10(14)12(16)17-13(2,3)4/h10H,6,8-9H2,1-4H3/t10-/m0/s1. The fraction of sp³-hybridized carbons (Fsp3) is 0.692. The second-order valence-electron chi connectivity index (χ2n) is 5.07. The molecule has 0 aromatic rings. The summed E-state index contributed by atoms with van der Waals surface area (Å²) in [6.45, 7) is 7.64. The Labute approximate surface area is 102 Å². The van der Waals surface area contributed by atoms with Gasteiger partial charge in [-0.25, -0.2) is 4.79 Å². The lowest BCUT2D eigenvalue weighted by Gasteiger charge is -2.26. The number of rotatable bonds is 1. The van der Waals surface area contributed by atoms with Gasteiger partial charge in [0.25, 0.3) is 5.91 Å². The lowest BCUT2D eigenvalue weighted by molar-refractivity contribution is -0.162. The van der Waals surface area contributed by atoms with Crippen molar-refractivity contribution in [2.75, 3.05) is 6.54 Å². The van der Waals surface area contributed by atoms with Crippen LogP contribution in [0.15, 0.2) is 0 Å². The highest BCUT2D eigenvalue weighted by Crippen LogP contribution is 2.20. The Morgan fingerprint density at radius 3 is 2.53 bits per heavy atom. The summed E-state index contributed by atoms with van der Waals surface area (Å²) >= 11 is 0. The molecule has 1 atom stereocenters. The third-order valence-electron chi connectivity index (χ3n) is 2.42. The molecule has 0 aliphatic carbocycles. The van der Waals surface area contributed by atoms with Gasteiger partial charge in [0.1, 0.15) is 11.6 Å². The summed E-state index contributed by atoms with van der Waals surface area (Å²) in [4.78, 5) is 25.1. The van der Waals surface area contributed by atoms with Crippen LogP contribution >= 0.6 is 0 Å². The fourth-order valence-electron chi connectivity index (χ4n) is 1.80. The van der Waals surface area contributed by atoms with E-state index >= 15 is 0 Å². The van der Waals surface area contributed by atoms with E-state index in [0.717, 1.165) is 6.42 Å². The SMILES string of the molecule is CC#CC(=O)N1CCC[C@H]1C(=O)OC(C)(C)C. The van der Waals surface area contributed by atoms with Crippen LogP contribution < -0.4 is 0 Å². The molecule has 0 N–H and O–H groups in total. The Kier molecular flexibility index (Phi) is 4.17. The number of carbonyl (C=O) groups is 2. The second-order valence-corrected chi connectivity index (χ2v) is 5.07. The van der Waals surface area contributed by atoms with Gasteiger partial charge in [-0.05, 0) is 46.5 Å². The van der Waals surface area contributed by atoms with E-state index in [2.05, 4.69) is 11.8 Å². The van der Waals surface area contributed by atoms with Gasteiger partial charge in [-0.3, -0.25) is 4.79 Å². The van der Waals surface area contributed by atoms with E-state index in [4.69, 9.17) is 4.74 Å². The lowest BCUT2D eigenvalue weighted by atomic mass is 10.1. The largest absolute Gasteiger partial charge is 0.458 e. The Morgan fingerprint density at radius 2 is 2.00 bits per heavy atom. The Hall–Kier alpha value is -1.50. The summed E-state index contributed by atoms with van der Waals surface area (Å²) in [5.41, 5.74) is -0.523. The number of nitrogens with zero attached hydrogens (tertiary/aromatic N) is 1. The molecule has 0 bridgehead atoms. The molecular formula is C13H19NO3. The molecule has 94 valence electrons. The van der Waals surface area contributed by atoms with Crippen molar-refractivity contribution in [1.82, 2.24) is 4.90 Å². The first kappa shape index (κ1) is 13.6. The van der Waals surface area contributed by atoms with Crippen LogP contribution in [0.5, 0.6) is 0 Å². The highest BCUT2D eigenvalue weighted by molar-refractivity contribution is 5.96. The van der Waals surface area contributed by atoms with E-state index in [1.54, 1.807) is 6.92 Å². The van der Waals surface area contributed by atoms with Crippen molar-refractivity contribution in [2.45, 2.75) is 52.2 Å². The van der Waals surface area contributed by atoms with Gasteiger partial charge in [0.2, 0.25) is 0 Å². The van der Waals surface area contributed by atoms with Crippen molar-refractivity contribution in [3.8, 4) is 11.8 Å². The summed E-state index contributed by atoms with van der Waals surface area (Å²) in [5.74, 6) is 4.40. The Morgan fingerprint density at radius 1 is 1.35 bits per heavy atom. The first-order chi connectivity index (χ1) is 7.85. The quantitative estimate of drug-likeness (QED) is 0.511. The highest BCUT2D eigenvalue weighted by Gasteiger charge is 2.36. The Balaban J connectivity index is 2.72. The minimum Gasteiger partial charge on any atom is -0.458 e. The monoisotopic (exact) mass is 237 g/mol. The summed E-state index contributed by atoms with van der Waals surface area (Å²) in [6.07, 6.45) is 1.48. The van der Waals surface area contributed by atoms with Gasteiger partial charge in [0.05, 0.1) is 0 Å². The van der Waals surface area contributed by atoms with Crippen molar-refractivity contribution in [3.63, 3.8) is 0 Å². The van der Waals surface area contributed by atoms with Crippen LogP contribution in [-0.2, 0) is 14.3 Å². The fourth-order valence-corrected chi connectivity index (χ4v) is 1.80. The van der Waals surface area contributed by atoms with Crippen molar-refractivity contribution >= 4 is 11.9 Å². The minimum atomic E-state index is -0.523. The predicted molar refractivity (Wildman–Crippen MR) is 64.0 cm³/mol. The van der Waals surface area contributed by atoms with Crippen LogP contribution in [0.3, 0.4) is 0 Å². The first-order valence-electron chi connectivity index (χ1n) is 5.81. The number of ether oxygens (including phenoxy) is 1. The number of hydrogen-bond acceptors (Lipinski definition) is 3. The normalized spacial score (nSPS) is 19.5. The molecule has 0 saturated carbocycles. The van der Waals surface area contributed by atoms with E-state index in [1.165, 1.54) is 4.90 Å². The molecule has 1 fully saturated rings. The van der Waals surface area contributed by atoms with Crippen LogP contribution in [0.4, 0.5) is 0 Å². The van der Waals surface area contributed by atoms with Gasteiger partial charge in [-0.2, -0.15) is 0 Å². The number of carbonyl (C=O) groups excluding carboxylic acids is 2. The molecule has 1 aliphatic rings. The van der Waals surface area contributed by atoms with Gasteiger partial charge in [0, 0.05) is 6.54 Å². The van der Waals surface area contributed by atoms with Crippen LogP contribution in [0, 0.1) is 11.8 Å². The van der Waals surface area contributed by atoms with Crippen molar-refractivity contribution in [2.24, 2.45) is 0 Å². The third-order valence-corrected chi connectivity index (χ3v) is 2.42. The average Bonchev–Trinajstić information content (AvgIpc) is 2.63. The van der Waals surface area contributed by atoms with Gasteiger partial charge >= 0.3 is 5.97 Å². The maximum absolute atomic E-state index is 11.9. The maximum atomic E-state index is 11.9. The van der Waals surface area contributed by atoms with E-state index in [0.29, 0.717) is 13.0 Å². The molecule has 0 unspecified atom stereocenters.